The molecule has 0 aliphatic carbocycles. The number of rotatable bonds is 7. The number of carbonyl (C=O) groups excluding carboxylic acids is 1. The minimum Gasteiger partial charge on any atom is -0.468 e. The van der Waals surface area contributed by atoms with Gasteiger partial charge in [0, 0.05) is 0 Å². The van der Waals surface area contributed by atoms with Crippen molar-refractivity contribution < 1.29 is 35.9 Å². The van der Waals surface area contributed by atoms with Crippen LogP contribution in [0, 0.1) is 5.92 Å². The Labute approximate surface area is 138 Å². The first kappa shape index (κ1) is 20.2. The molecular weight excluding hydrogens is 351 g/mol. The number of hydrogen-bond acceptors (Lipinski definition) is 5. The molecule has 1 aromatic carbocycles. The van der Waals surface area contributed by atoms with Gasteiger partial charge in [-0.1, -0.05) is 20.3 Å². The summed E-state index contributed by atoms with van der Waals surface area (Å²) < 4.78 is 71.4. The maximum absolute atomic E-state index is 12.3. The van der Waals surface area contributed by atoms with E-state index in [0.29, 0.717) is 6.42 Å². The summed E-state index contributed by atoms with van der Waals surface area (Å²) >= 11 is 0. The van der Waals surface area contributed by atoms with Crippen LogP contribution in [0.3, 0.4) is 0 Å². The Morgan fingerprint density at radius 1 is 1.25 bits per heavy atom. The second kappa shape index (κ2) is 7.84. The van der Waals surface area contributed by atoms with E-state index in [2.05, 4.69) is 14.2 Å². The Morgan fingerprint density at radius 2 is 1.79 bits per heavy atom. The van der Waals surface area contributed by atoms with Crippen LogP contribution < -0.4 is 9.46 Å². The van der Waals surface area contributed by atoms with E-state index in [1.54, 1.807) is 13.8 Å². The number of benzene rings is 1. The van der Waals surface area contributed by atoms with Crippen molar-refractivity contribution in [2.45, 2.75) is 37.6 Å². The number of carbonyl (C=O) groups is 1. The molecule has 6 nitrogen and oxygen atoms in total. The SMILES string of the molecule is CC[C@H](C)[C@H](NS(=O)(=O)c1ccc(OC(F)(F)F)cc1)C(=O)OC. The summed E-state index contributed by atoms with van der Waals surface area (Å²) in [4.78, 5) is 11.4. The zero-order chi connectivity index (χ0) is 18.5. The van der Waals surface area contributed by atoms with Gasteiger partial charge in [-0.2, -0.15) is 4.72 Å². The number of esters is 1. The number of halogens is 3. The largest absolute Gasteiger partial charge is 0.573 e. The molecule has 2 atom stereocenters. The Hall–Kier alpha value is -1.81. The molecule has 0 radical (unpaired) electrons. The van der Waals surface area contributed by atoms with E-state index in [4.69, 9.17) is 0 Å². The molecule has 0 spiro atoms. The van der Waals surface area contributed by atoms with Gasteiger partial charge in [-0.3, -0.25) is 4.79 Å². The molecule has 0 saturated carbocycles. The third kappa shape index (κ3) is 5.68. The Kier molecular flexibility index (Phi) is 6.61. The summed E-state index contributed by atoms with van der Waals surface area (Å²) in [5, 5.41) is 0. The topological polar surface area (TPSA) is 81.7 Å². The van der Waals surface area contributed by atoms with Gasteiger partial charge in [0.25, 0.3) is 0 Å². The molecule has 0 amide bonds. The first-order valence-electron chi connectivity index (χ1n) is 6.96. The zero-order valence-electron chi connectivity index (χ0n) is 13.3. The molecule has 10 heteroatoms. The molecule has 0 bridgehead atoms. The van der Waals surface area contributed by atoms with Gasteiger partial charge in [0.2, 0.25) is 10.0 Å². The summed E-state index contributed by atoms with van der Waals surface area (Å²) in [5.74, 6) is -1.63. The predicted molar refractivity (Wildman–Crippen MR) is 78.7 cm³/mol. The lowest BCUT2D eigenvalue weighted by atomic mass is 10.0. The molecule has 0 saturated heterocycles. The van der Waals surface area contributed by atoms with Crippen molar-refractivity contribution in [3.8, 4) is 5.75 Å². The molecule has 1 N–H and O–H groups in total. The molecule has 0 heterocycles. The van der Waals surface area contributed by atoms with Gasteiger partial charge in [-0.05, 0) is 30.2 Å². The number of ether oxygens (including phenoxy) is 2. The highest BCUT2D eigenvalue weighted by Crippen LogP contribution is 2.24. The highest BCUT2D eigenvalue weighted by atomic mass is 32.2. The van der Waals surface area contributed by atoms with Crippen LogP contribution in [0.25, 0.3) is 0 Å². The fourth-order valence-electron chi connectivity index (χ4n) is 1.81. The first-order chi connectivity index (χ1) is 11.0. The molecule has 0 unspecified atom stereocenters. The molecule has 0 aliphatic heterocycles. The summed E-state index contributed by atoms with van der Waals surface area (Å²) in [6.07, 6.45) is -4.36. The minimum absolute atomic E-state index is 0.297. The lowest BCUT2D eigenvalue weighted by Crippen LogP contribution is -2.45. The standard InChI is InChI=1S/C14H18F3NO5S/c1-4-9(2)12(13(19)22-3)18-24(20,21)11-7-5-10(6-8-11)23-14(15,16)17/h5-9,12,18H,4H2,1-3H3/t9-,12-/m0/s1. The molecule has 1 rings (SSSR count). The smallest absolute Gasteiger partial charge is 0.468 e. The van der Waals surface area contributed by atoms with E-state index in [0.717, 1.165) is 31.4 Å². The van der Waals surface area contributed by atoms with Crippen molar-refractivity contribution >= 4 is 16.0 Å². The van der Waals surface area contributed by atoms with Crippen LogP contribution in [0.15, 0.2) is 29.2 Å². The summed E-state index contributed by atoms with van der Waals surface area (Å²) in [5.41, 5.74) is 0. The number of hydrogen-bond donors (Lipinski definition) is 1. The van der Waals surface area contributed by atoms with Crippen molar-refractivity contribution in [3.63, 3.8) is 0 Å². The van der Waals surface area contributed by atoms with Crippen LogP contribution in [-0.4, -0.2) is 33.9 Å². The Bertz CT molecular complexity index is 658. The van der Waals surface area contributed by atoms with Crippen molar-refractivity contribution in [2.24, 2.45) is 5.92 Å². The Morgan fingerprint density at radius 3 is 2.21 bits per heavy atom. The van der Waals surface area contributed by atoms with E-state index in [-0.39, 0.29) is 10.8 Å². The van der Waals surface area contributed by atoms with Crippen molar-refractivity contribution in [1.82, 2.24) is 4.72 Å². The summed E-state index contributed by atoms with van der Waals surface area (Å²) in [6, 6.07) is 2.55. The molecule has 0 aromatic heterocycles. The quantitative estimate of drug-likeness (QED) is 0.747. The summed E-state index contributed by atoms with van der Waals surface area (Å²) in [6.45, 7) is 3.45. The lowest BCUT2D eigenvalue weighted by molar-refractivity contribution is -0.274. The maximum Gasteiger partial charge on any atom is 0.573 e. The van der Waals surface area contributed by atoms with Crippen LogP contribution in [-0.2, 0) is 19.6 Å². The van der Waals surface area contributed by atoms with Crippen molar-refractivity contribution in [1.29, 1.82) is 0 Å². The fourth-order valence-corrected chi connectivity index (χ4v) is 3.11. The van der Waals surface area contributed by atoms with Gasteiger partial charge in [0.05, 0.1) is 12.0 Å². The van der Waals surface area contributed by atoms with E-state index >= 15 is 0 Å². The normalized spacial score (nSPS) is 14.8. The van der Waals surface area contributed by atoms with Crippen LogP contribution in [0.1, 0.15) is 20.3 Å². The van der Waals surface area contributed by atoms with Crippen molar-refractivity contribution in [2.75, 3.05) is 7.11 Å². The van der Waals surface area contributed by atoms with E-state index < -0.39 is 34.1 Å². The number of nitrogens with one attached hydrogen (secondary N) is 1. The molecule has 136 valence electrons. The first-order valence-corrected chi connectivity index (χ1v) is 8.44. The van der Waals surface area contributed by atoms with Gasteiger partial charge >= 0.3 is 12.3 Å². The number of alkyl halides is 3. The monoisotopic (exact) mass is 369 g/mol. The maximum atomic E-state index is 12.3. The third-order valence-electron chi connectivity index (χ3n) is 3.32. The average Bonchev–Trinajstić information content (AvgIpc) is 2.50. The Balaban J connectivity index is 3.00. The highest BCUT2D eigenvalue weighted by Gasteiger charge is 2.32. The predicted octanol–water partition coefficient (Wildman–Crippen LogP) is 2.45. The van der Waals surface area contributed by atoms with Gasteiger partial charge in [-0.25, -0.2) is 8.42 Å². The number of methoxy groups -OCH3 is 1. The van der Waals surface area contributed by atoms with Crippen LogP contribution >= 0.6 is 0 Å². The van der Waals surface area contributed by atoms with E-state index in [1.807, 2.05) is 0 Å². The third-order valence-corrected chi connectivity index (χ3v) is 4.77. The van der Waals surface area contributed by atoms with Crippen molar-refractivity contribution in [3.05, 3.63) is 24.3 Å². The lowest BCUT2D eigenvalue weighted by Gasteiger charge is -2.21. The highest BCUT2D eigenvalue weighted by molar-refractivity contribution is 7.89. The molecule has 24 heavy (non-hydrogen) atoms. The minimum atomic E-state index is -4.87. The molecule has 0 fully saturated rings. The average molecular weight is 369 g/mol. The fraction of sp³-hybridized carbons (Fsp3) is 0.500. The van der Waals surface area contributed by atoms with E-state index in [9.17, 15) is 26.4 Å². The van der Waals surface area contributed by atoms with Gasteiger partial charge in [0.15, 0.2) is 0 Å². The number of sulfonamides is 1. The zero-order valence-corrected chi connectivity index (χ0v) is 14.1. The molecular formula is C14H18F3NO5S. The molecule has 1 aromatic rings. The second-order valence-electron chi connectivity index (χ2n) is 5.03. The van der Waals surface area contributed by atoms with Crippen LogP contribution in [0.4, 0.5) is 13.2 Å². The summed E-state index contributed by atoms with van der Waals surface area (Å²) in [7, 11) is -2.98. The van der Waals surface area contributed by atoms with Crippen LogP contribution in [0.5, 0.6) is 5.75 Å². The van der Waals surface area contributed by atoms with Crippen LogP contribution in [0.2, 0.25) is 0 Å². The van der Waals surface area contributed by atoms with E-state index in [1.165, 1.54) is 0 Å². The molecule has 0 aliphatic rings. The van der Waals surface area contributed by atoms with Gasteiger partial charge < -0.3 is 9.47 Å². The van der Waals surface area contributed by atoms with Gasteiger partial charge in [-0.15, -0.1) is 13.2 Å². The second-order valence-corrected chi connectivity index (χ2v) is 6.74. The van der Waals surface area contributed by atoms with Gasteiger partial charge in [0.1, 0.15) is 11.8 Å².